The van der Waals surface area contributed by atoms with Crippen LogP contribution in [0.25, 0.3) is 11.0 Å². The van der Waals surface area contributed by atoms with Gasteiger partial charge >= 0.3 is 5.63 Å². The van der Waals surface area contributed by atoms with Crippen LogP contribution >= 0.6 is 22.6 Å². The maximum atomic E-state index is 14.5. The number of nitrogens with zero attached hydrogens (tertiary/aromatic N) is 1. The van der Waals surface area contributed by atoms with E-state index in [9.17, 15) is 29.4 Å². The van der Waals surface area contributed by atoms with E-state index in [1.165, 1.54) is 30.2 Å². The highest BCUT2D eigenvalue weighted by atomic mass is 127. The minimum atomic E-state index is -1.44. The molecule has 14 heteroatoms. The van der Waals surface area contributed by atoms with Gasteiger partial charge in [0, 0.05) is 36.0 Å². The first-order valence-corrected chi connectivity index (χ1v) is 16.3. The van der Waals surface area contributed by atoms with Crippen molar-refractivity contribution in [1.82, 2.24) is 10.2 Å². The third-order valence-electron chi connectivity index (χ3n) is 8.18. The SMILES string of the molecule is COc1cc(C=O)cc(I)c1OC1C=C(C(=O)NCCO)CC(N(Cc2ccc3c(c2)OCO3)C(=O)c2cc3ccccc3oc2=O)C1O. The van der Waals surface area contributed by atoms with E-state index in [1.54, 1.807) is 48.5 Å². The fourth-order valence-electron chi connectivity index (χ4n) is 5.78. The molecule has 3 atom stereocenters. The molecule has 0 fully saturated rings. The molecule has 1 aliphatic heterocycles. The Morgan fingerprint density at radius 3 is 2.67 bits per heavy atom. The largest absolute Gasteiger partial charge is 0.493 e. The molecule has 6 rings (SSSR count). The monoisotopic (exact) mass is 782 g/mol. The van der Waals surface area contributed by atoms with Gasteiger partial charge in [-0.3, -0.25) is 14.4 Å². The van der Waals surface area contributed by atoms with E-state index in [1.807, 2.05) is 22.6 Å². The number of aliphatic hydroxyl groups excluding tert-OH is 2. The molecule has 2 heterocycles. The summed E-state index contributed by atoms with van der Waals surface area (Å²) in [5.41, 5.74) is 0.252. The number of aldehydes is 1. The number of ether oxygens (including phenoxy) is 4. The average molecular weight is 783 g/mol. The zero-order valence-electron chi connectivity index (χ0n) is 26.1. The van der Waals surface area contributed by atoms with Crippen LogP contribution in [0.2, 0.25) is 0 Å². The number of benzene rings is 3. The Labute approximate surface area is 293 Å². The van der Waals surface area contributed by atoms with Crippen molar-refractivity contribution in [2.24, 2.45) is 0 Å². The molecule has 254 valence electrons. The number of nitrogens with one attached hydrogen (secondary N) is 1. The third-order valence-corrected chi connectivity index (χ3v) is 8.98. The summed E-state index contributed by atoms with van der Waals surface area (Å²) in [4.78, 5) is 53.9. The van der Waals surface area contributed by atoms with Crippen LogP contribution in [0.4, 0.5) is 0 Å². The van der Waals surface area contributed by atoms with Crippen molar-refractivity contribution in [3.05, 3.63) is 103 Å². The predicted molar refractivity (Wildman–Crippen MR) is 183 cm³/mol. The summed E-state index contributed by atoms with van der Waals surface area (Å²) in [5.74, 6) is 0.110. The summed E-state index contributed by atoms with van der Waals surface area (Å²) in [7, 11) is 1.40. The molecule has 13 nitrogen and oxygen atoms in total. The lowest BCUT2D eigenvalue weighted by atomic mass is 9.87. The average Bonchev–Trinajstić information content (AvgIpc) is 3.58. The van der Waals surface area contributed by atoms with Crippen LogP contribution in [0.5, 0.6) is 23.0 Å². The van der Waals surface area contributed by atoms with E-state index < -0.39 is 35.7 Å². The van der Waals surface area contributed by atoms with Gasteiger partial charge < -0.3 is 43.8 Å². The molecular formula is C35H31IN2O11. The number of halogens is 1. The number of carbonyl (C=O) groups excluding carboxylic acids is 3. The molecule has 0 radical (unpaired) electrons. The van der Waals surface area contributed by atoms with Crippen LogP contribution in [0.1, 0.15) is 32.7 Å². The van der Waals surface area contributed by atoms with E-state index in [0.29, 0.717) is 43.5 Å². The van der Waals surface area contributed by atoms with Gasteiger partial charge in [0.2, 0.25) is 12.7 Å². The molecule has 4 aromatic rings. The second kappa shape index (κ2) is 14.7. The van der Waals surface area contributed by atoms with Crippen molar-refractivity contribution >= 4 is 51.7 Å². The molecule has 2 aliphatic rings. The van der Waals surface area contributed by atoms with Crippen LogP contribution < -0.4 is 29.9 Å². The summed E-state index contributed by atoms with van der Waals surface area (Å²) >= 11 is 1.97. The Kier molecular flexibility index (Phi) is 10.2. The summed E-state index contributed by atoms with van der Waals surface area (Å²) in [5, 5.41) is 24.5. The van der Waals surface area contributed by atoms with E-state index in [0.717, 1.165) is 0 Å². The lowest BCUT2D eigenvalue weighted by Crippen LogP contribution is -2.55. The van der Waals surface area contributed by atoms with Gasteiger partial charge in [-0.15, -0.1) is 0 Å². The maximum absolute atomic E-state index is 14.5. The number of rotatable bonds is 11. The summed E-state index contributed by atoms with van der Waals surface area (Å²) in [6, 6.07) is 15.2. The number of aliphatic hydroxyl groups is 2. The molecular weight excluding hydrogens is 751 g/mol. The summed E-state index contributed by atoms with van der Waals surface area (Å²) in [6.45, 7) is -0.425. The van der Waals surface area contributed by atoms with Gasteiger partial charge in [0.15, 0.2) is 23.0 Å². The van der Waals surface area contributed by atoms with Crippen LogP contribution in [0.15, 0.2) is 81.5 Å². The third kappa shape index (κ3) is 7.11. The van der Waals surface area contributed by atoms with Gasteiger partial charge in [-0.05, 0) is 70.6 Å². The molecule has 0 spiro atoms. The highest BCUT2D eigenvalue weighted by Crippen LogP contribution is 2.38. The summed E-state index contributed by atoms with van der Waals surface area (Å²) in [6.07, 6.45) is -0.674. The van der Waals surface area contributed by atoms with Crippen LogP contribution in [-0.2, 0) is 11.3 Å². The molecule has 0 bridgehead atoms. The number of fused-ring (bicyclic) bond motifs is 2. The fourth-order valence-corrected chi connectivity index (χ4v) is 6.53. The molecule has 1 aromatic heterocycles. The van der Waals surface area contributed by atoms with Crippen molar-refractivity contribution in [1.29, 1.82) is 0 Å². The Hall–Kier alpha value is -4.93. The zero-order chi connectivity index (χ0) is 34.7. The van der Waals surface area contributed by atoms with Crippen molar-refractivity contribution in [2.45, 2.75) is 31.2 Å². The van der Waals surface area contributed by atoms with Crippen molar-refractivity contribution in [3.8, 4) is 23.0 Å². The standard InChI is InChI=1S/C35H31IN2O11/c1-45-30-12-20(17-40)10-24(36)32(30)48-29-15-22(33(42)37-8-9-39)14-25(31(29)41)38(16-19-6-7-27-28(11-19)47-18-46-27)34(43)23-13-21-4-2-3-5-26(21)49-35(23)44/h2-7,10-13,15,17,25,29,31,39,41H,8-9,14,16,18H2,1H3,(H,37,42). The molecule has 3 unspecified atom stereocenters. The highest BCUT2D eigenvalue weighted by Gasteiger charge is 2.42. The normalized spacial score (nSPS) is 18.0. The first-order chi connectivity index (χ1) is 23.7. The fraction of sp³-hybridized carbons (Fsp3) is 0.257. The van der Waals surface area contributed by atoms with Crippen molar-refractivity contribution < 1.29 is 48.0 Å². The Morgan fingerprint density at radius 1 is 1.10 bits per heavy atom. The topological polar surface area (TPSA) is 174 Å². The lowest BCUT2D eigenvalue weighted by Gasteiger charge is -2.40. The van der Waals surface area contributed by atoms with Gasteiger partial charge in [-0.25, -0.2) is 4.79 Å². The first-order valence-electron chi connectivity index (χ1n) is 15.2. The van der Waals surface area contributed by atoms with E-state index in [2.05, 4.69) is 5.32 Å². The van der Waals surface area contributed by atoms with Gasteiger partial charge in [-0.2, -0.15) is 0 Å². The highest BCUT2D eigenvalue weighted by molar-refractivity contribution is 14.1. The number of amides is 2. The molecule has 3 N–H and O–H groups in total. The van der Waals surface area contributed by atoms with Crippen LogP contribution in [-0.4, -0.2) is 78.5 Å². The van der Waals surface area contributed by atoms with E-state index >= 15 is 0 Å². The zero-order valence-corrected chi connectivity index (χ0v) is 28.2. The molecule has 1 aliphatic carbocycles. The molecule has 3 aromatic carbocycles. The van der Waals surface area contributed by atoms with Gasteiger partial charge in [0.25, 0.3) is 5.91 Å². The summed E-state index contributed by atoms with van der Waals surface area (Å²) < 4.78 is 28.7. The molecule has 2 amide bonds. The van der Waals surface area contributed by atoms with Crippen molar-refractivity contribution in [3.63, 3.8) is 0 Å². The van der Waals surface area contributed by atoms with Crippen LogP contribution in [0.3, 0.4) is 0 Å². The quantitative estimate of drug-likeness (QED) is 0.116. The van der Waals surface area contributed by atoms with Gasteiger partial charge in [0.1, 0.15) is 29.6 Å². The number of carbonyl (C=O) groups is 3. The number of para-hydroxylation sites is 1. The Morgan fingerprint density at radius 2 is 1.90 bits per heavy atom. The minimum Gasteiger partial charge on any atom is -0.493 e. The predicted octanol–water partition coefficient (Wildman–Crippen LogP) is 3.21. The van der Waals surface area contributed by atoms with E-state index in [-0.39, 0.29) is 55.5 Å². The van der Waals surface area contributed by atoms with Gasteiger partial charge in [0.05, 0.1) is 23.3 Å². The van der Waals surface area contributed by atoms with E-state index in [4.69, 9.17) is 23.4 Å². The second-order valence-electron chi connectivity index (χ2n) is 11.3. The molecule has 49 heavy (non-hydrogen) atoms. The van der Waals surface area contributed by atoms with Gasteiger partial charge in [-0.1, -0.05) is 24.3 Å². The maximum Gasteiger partial charge on any atom is 0.349 e. The minimum absolute atomic E-state index is 0.0348. The van der Waals surface area contributed by atoms with Crippen LogP contribution in [0, 0.1) is 3.57 Å². The molecule has 0 saturated heterocycles. The number of methoxy groups -OCH3 is 1. The first kappa shape index (κ1) is 34.0. The molecule has 0 saturated carbocycles. The number of hydrogen-bond acceptors (Lipinski definition) is 11. The Bertz CT molecular complexity index is 2010. The lowest BCUT2D eigenvalue weighted by molar-refractivity contribution is -0.118. The van der Waals surface area contributed by atoms with Crippen molar-refractivity contribution in [2.75, 3.05) is 27.1 Å². The number of hydrogen-bond donors (Lipinski definition) is 3. The Balaban J connectivity index is 1.44. The second-order valence-corrected chi connectivity index (χ2v) is 12.4. The smallest absolute Gasteiger partial charge is 0.349 e.